The predicted molar refractivity (Wildman–Crippen MR) is 151 cm³/mol. The topological polar surface area (TPSA) is 52.6 Å². The van der Waals surface area contributed by atoms with Gasteiger partial charge in [-0.2, -0.15) is 0 Å². The highest BCUT2D eigenvalue weighted by molar-refractivity contribution is 5.88. The van der Waals surface area contributed by atoms with Gasteiger partial charge in [0.1, 0.15) is 0 Å². The molecule has 0 aromatic rings. The summed E-state index contributed by atoms with van der Waals surface area (Å²) < 4.78 is 10.2. The average molecular weight is 507 g/mol. The third-order valence-corrected chi connectivity index (χ3v) is 8.34. The molecule has 0 aliphatic heterocycles. The van der Waals surface area contributed by atoms with Gasteiger partial charge in [0.25, 0.3) is 0 Å². The van der Waals surface area contributed by atoms with Crippen molar-refractivity contribution in [2.75, 3.05) is 13.2 Å². The van der Waals surface area contributed by atoms with Gasteiger partial charge in [-0.3, -0.25) is 4.79 Å². The third-order valence-electron chi connectivity index (χ3n) is 8.34. The lowest BCUT2D eigenvalue weighted by Crippen LogP contribution is -2.23. The van der Waals surface area contributed by atoms with Crippen LogP contribution in [0.5, 0.6) is 0 Å². The van der Waals surface area contributed by atoms with Gasteiger partial charge >= 0.3 is 11.9 Å². The summed E-state index contributed by atoms with van der Waals surface area (Å²) in [5.41, 5.74) is 0.871. The van der Waals surface area contributed by atoms with Gasteiger partial charge in [-0.15, -0.1) is 0 Å². The molecule has 0 spiro atoms. The molecule has 36 heavy (non-hydrogen) atoms. The van der Waals surface area contributed by atoms with Gasteiger partial charge in [-0.05, 0) is 82.5 Å². The summed E-state index contributed by atoms with van der Waals surface area (Å²) in [6, 6.07) is 0. The molecule has 4 nitrogen and oxygen atoms in total. The van der Waals surface area contributed by atoms with Crippen molar-refractivity contribution in [1.82, 2.24) is 0 Å². The lowest BCUT2D eigenvalue weighted by Gasteiger charge is -2.30. The Morgan fingerprint density at radius 1 is 0.722 bits per heavy atom. The Labute approximate surface area is 223 Å². The summed E-state index contributed by atoms with van der Waals surface area (Å²) in [7, 11) is 0. The molecule has 0 saturated heterocycles. The summed E-state index contributed by atoms with van der Waals surface area (Å²) >= 11 is 0. The summed E-state index contributed by atoms with van der Waals surface area (Å²) in [6.45, 7) is 13.4. The Balaban J connectivity index is 0.000000360. The largest absolute Gasteiger partial charge is 0.466 e. The molecule has 0 aromatic carbocycles. The zero-order chi connectivity index (χ0) is 26.8. The fourth-order valence-corrected chi connectivity index (χ4v) is 6.15. The number of hydrogen-bond donors (Lipinski definition) is 0. The molecule has 1 unspecified atom stereocenters. The van der Waals surface area contributed by atoms with Gasteiger partial charge < -0.3 is 9.47 Å². The lowest BCUT2D eigenvalue weighted by molar-refractivity contribution is -0.149. The van der Waals surface area contributed by atoms with Crippen LogP contribution in [0.3, 0.4) is 0 Å². The van der Waals surface area contributed by atoms with Crippen LogP contribution in [0.15, 0.2) is 11.6 Å². The minimum atomic E-state index is -0.115. The van der Waals surface area contributed by atoms with Crippen LogP contribution < -0.4 is 0 Å². The van der Waals surface area contributed by atoms with E-state index in [1.807, 2.05) is 20.8 Å². The molecule has 2 saturated carbocycles. The van der Waals surface area contributed by atoms with Crippen molar-refractivity contribution < 1.29 is 19.1 Å². The van der Waals surface area contributed by atoms with Crippen molar-refractivity contribution >= 4 is 11.9 Å². The Bertz CT molecular complexity index is 610. The molecule has 1 atom stereocenters. The van der Waals surface area contributed by atoms with E-state index in [0.29, 0.717) is 19.1 Å². The Kier molecular flexibility index (Phi) is 17.9. The molecule has 0 N–H and O–H groups in total. The molecule has 0 aromatic heterocycles. The van der Waals surface area contributed by atoms with E-state index in [1.54, 1.807) is 0 Å². The second-order valence-corrected chi connectivity index (χ2v) is 11.1. The first-order chi connectivity index (χ1) is 17.4. The number of esters is 2. The van der Waals surface area contributed by atoms with Gasteiger partial charge in [-0.1, -0.05) is 85.1 Å². The van der Waals surface area contributed by atoms with Crippen molar-refractivity contribution in [2.45, 2.75) is 138 Å². The van der Waals surface area contributed by atoms with E-state index in [4.69, 9.17) is 9.47 Å². The molecule has 4 heteroatoms. The fourth-order valence-electron chi connectivity index (χ4n) is 6.15. The standard InChI is InChI=1S/C16H30O2.C16H28O2/c2*1-4-7-13-8-10-14(11-9-13)12-15(5-2)16(17)18-6-3/h13-15H,4-12H2,1-3H3;12-14H,4-11H2,1-3H3/b;15-12+. The number of carbonyl (C=O) groups is 2. The number of carbonyl (C=O) groups excluding carboxylic acids is 2. The quantitative estimate of drug-likeness (QED) is 0.185. The van der Waals surface area contributed by atoms with E-state index < -0.39 is 0 Å². The molecule has 0 amide bonds. The maximum Gasteiger partial charge on any atom is 0.333 e. The minimum absolute atomic E-state index is 0.0238. The molecular formula is C32H58O4. The molecule has 2 aliphatic rings. The molecule has 210 valence electrons. The first-order valence-corrected chi connectivity index (χ1v) is 15.5. The number of allylic oxidation sites excluding steroid dienone is 1. The summed E-state index contributed by atoms with van der Waals surface area (Å²) in [6.07, 6.45) is 20.8. The van der Waals surface area contributed by atoms with Crippen LogP contribution in [0.4, 0.5) is 0 Å². The molecule has 2 fully saturated rings. The van der Waals surface area contributed by atoms with Gasteiger partial charge in [0.15, 0.2) is 0 Å². The Hall–Kier alpha value is -1.32. The molecule has 2 rings (SSSR count). The number of hydrogen-bond acceptors (Lipinski definition) is 4. The second kappa shape index (κ2) is 19.7. The normalized spacial score (nSPS) is 25.3. The van der Waals surface area contributed by atoms with E-state index in [2.05, 4.69) is 26.8 Å². The SMILES string of the molecule is CCCC1CCC(/C=C(\CC)C(=O)OCC)CC1.CCCC1CCC(CC(CC)C(=O)OCC)CC1. The lowest BCUT2D eigenvalue weighted by atomic mass is 9.76. The van der Waals surface area contributed by atoms with E-state index >= 15 is 0 Å². The van der Waals surface area contributed by atoms with Crippen molar-refractivity contribution in [1.29, 1.82) is 0 Å². The Morgan fingerprint density at radius 3 is 1.67 bits per heavy atom. The van der Waals surface area contributed by atoms with Crippen LogP contribution in [-0.2, 0) is 19.1 Å². The highest BCUT2D eigenvalue weighted by Crippen LogP contribution is 2.36. The molecule has 0 heterocycles. The number of ether oxygens (including phenoxy) is 2. The van der Waals surface area contributed by atoms with Crippen LogP contribution in [0, 0.1) is 29.6 Å². The number of rotatable bonds is 13. The summed E-state index contributed by atoms with van der Waals surface area (Å²) in [5.74, 6) is 3.27. The van der Waals surface area contributed by atoms with Gasteiger partial charge in [0, 0.05) is 5.57 Å². The van der Waals surface area contributed by atoms with Crippen LogP contribution in [-0.4, -0.2) is 25.2 Å². The smallest absolute Gasteiger partial charge is 0.333 e. The zero-order valence-electron chi connectivity index (χ0n) is 24.6. The fraction of sp³-hybridized carbons (Fsp3) is 0.875. The molecular weight excluding hydrogens is 448 g/mol. The molecule has 2 aliphatic carbocycles. The van der Waals surface area contributed by atoms with Crippen molar-refractivity contribution in [2.24, 2.45) is 29.6 Å². The predicted octanol–water partition coefficient (Wildman–Crippen LogP) is 9.06. The maximum absolute atomic E-state index is 11.8. The molecule has 0 radical (unpaired) electrons. The van der Waals surface area contributed by atoms with Crippen LogP contribution >= 0.6 is 0 Å². The van der Waals surface area contributed by atoms with Gasteiger partial charge in [0.2, 0.25) is 0 Å². The summed E-state index contributed by atoms with van der Waals surface area (Å²) in [5, 5.41) is 0. The summed E-state index contributed by atoms with van der Waals surface area (Å²) in [4.78, 5) is 23.5. The van der Waals surface area contributed by atoms with E-state index in [0.717, 1.165) is 42.6 Å². The minimum Gasteiger partial charge on any atom is -0.466 e. The van der Waals surface area contributed by atoms with Crippen molar-refractivity contribution in [3.63, 3.8) is 0 Å². The van der Waals surface area contributed by atoms with Crippen LogP contribution in [0.2, 0.25) is 0 Å². The van der Waals surface area contributed by atoms with Crippen LogP contribution in [0.25, 0.3) is 0 Å². The van der Waals surface area contributed by atoms with E-state index in [-0.39, 0.29) is 17.9 Å². The first-order valence-electron chi connectivity index (χ1n) is 15.5. The zero-order valence-corrected chi connectivity index (χ0v) is 24.6. The highest BCUT2D eigenvalue weighted by atomic mass is 16.5. The second-order valence-electron chi connectivity index (χ2n) is 11.1. The van der Waals surface area contributed by atoms with E-state index in [1.165, 1.54) is 77.0 Å². The third kappa shape index (κ3) is 12.8. The van der Waals surface area contributed by atoms with Gasteiger partial charge in [0.05, 0.1) is 19.1 Å². The highest BCUT2D eigenvalue weighted by Gasteiger charge is 2.26. The Morgan fingerprint density at radius 2 is 1.22 bits per heavy atom. The van der Waals surface area contributed by atoms with E-state index in [9.17, 15) is 9.59 Å². The first kappa shape index (κ1) is 32.7. The maximum atomic E-state index is 11.8. The van der Waals surface area contributed by atoms with Gasteiger partial charge in [-0.25, -0.2) is 4.79 Å². The average Bonchev–Trinajstić information content (AvgIpc) is 2.88. The molecule has 0 bridgehead atoms. The van der Waals surface area contributed by atoms with Crippen LogP contribution in [0.1, 0.15) is 138 Å². The van der Waals surface area contributed by atoms with Crippen molar-refractivity contribution in [3.8, 4) is 0 Å². The van der Waals surface area contributed by atoms with Crippen molar-refractivity contribution in [3.05, 3.63) is 11.6 Å². The monoisotopic (exact) mass is 506 g/mol.